The number of hydrogen-bond acceptors (Lipinski definition) is 4. The molecule has 0 bridgehead atoms. The third kappa shape index (κ3) is 7.64. The van der Waals surface area contributed by atoms with E-state index in [1.165, 1.54) is 0 Å². The first kappa shape index (κ1) is 14.3. The van der Waals surface area contributed by atoms with Crippen LogP contribution in [0.4, 0.5) is 0 Å². The van der Waals surface area contributed by atoms with Gasteiger partial charge in [0.15, 0.2) is 9.84 Å². The molecule has 0 radical (unpaired) electrons. The van der Waals surface area contributed by atoms with Crippen molar-refractivity contribution in [3.05, 3.63) is 0 Å². The van der Waals surface area contributed by atoms with Gasteiger partial charge in [0.05, 0.1) is 5.75 Å². The Morgan fingerprint density at radius 2 is 2.07 bits per heavy atom. The number of nitrogens with one attached hydrogen (secondary N) is 1. The normalized spacial score (nSPS) is 14.2. The Kier molecular flexibility index (Phi) is 7.68. The van der Waals surface area contributed by atoms with E-state index in [9.17, 15) is 8.42 Å². The fourth-order valence-corrected chi connectivity index (χ4v) is 2.67. The minimum atomic E-state index is -2.83. The molecule has 0 aromatic heterocycles. The highest BCUT2D eigenvalue weighted by atomic mass is 32.2. The SMILES string of the molecule is CCS(=O)(=O)CC(C)NCCCSC. The number of sulfone groups is 1. The lowest BCUT2D eigenvalue weighted by Gasteiger charge is -2.12. The summed E-state index contributed by atoms with van der Waals surface area (Å²) < 4.78 is 22.5. The van der Waals surface area contributed by atoms with Crippen LogP contribution in [0.3, 0.4) is 0 Å². The van der Waals surface area contributed by atoms with Crippen molar-refractivity contribution >= 4 is 21.6 Å². The Bertz CT molecular complexity index is 227. The molecule has 0 saturated carbocycles. The second kappa shape index (κ2) is 7.54. The zero-order chi connectivity index (χ0) is 11.0. The van der Waals surface area contributed by atoms with Crippen molar-refractivity contribution in [1.29, 1.82) is 0 Å². The highest BCUT2D eigenvalue weighted by molar-refractivity contribution is 7.98. The second-order valence-corrected chi connectivity index (χ2v) is 6.78. The van der Waals surface area contributed by atoms with Crippen molar-refractivity contribution in [1.82, 2.24) is 5.32 Å². The van der Waals surface area contributed by atoms with E-state index in [4.69, 9.17) is 0 Å². The maximum absolute atomic E-state index is 11.3. The van der Waals surface area contributed by atoms with E-state index in [0.29, 0.717) is 0 Å². The van der Waals surface area contributed by atoms with Crippen molar-refractivity contribution in [3.63, 3.8) is 0 Å². The molecular formula is C9H21NO2S2. The largest absolute Gasteiger partial charge is 0.313 e. The van der Waals surface area contributed by atoms with Gasteiger partial charge in [-0.15, -0.1) is 0 Å². The summed E-state index contributed by atoms with van der Waals surface area (Å²) in [6.45, 7) is 4.52. The highest BCUT2D eigenvalue weighted by Crippen LogP contribution is 1.96. The molecule has 86 valence electrons. The quantitative estimate of drug-likeness (QED) is 0.646. The van der Waals surface area contributed by atoms with Crippen LogP contribution in [-0.2, 0) is 9.84 Å². The molecule has 0 aliphatic heterocycles. The molecule has 0 spiro atoms. The van der Waals surface area contributed by atoms with Gasteiger partial charge in [-0.2, -0.15) is 11.8 Å². The molecule has 0 saturated heterocycles. The predicted octanol–water partition coefficient (Wildman–Crippen LogP) is 1.15. The van der Waals surface area contributed by atoms with Crippen molar-refractivity contribution in [2.24, 2.45) is 0 Å². The van der Waals surface area contributed by atoms with E-state index in [2.05, 4.69) is 11.6 Å². The van der Waals surface area contributed by atoms with Crippen LogP contribution in [0.15, 0.2) is 0 Å². The molecule has 0 aliphatic rings. The van der Waals surface area contributed by atoms with Gasteiger partial charge in [0.2, 0.25) is 0 Å². The van der Waals surface area contributed by atoms with E-state index in [-0.39, 0.29) is 17.5 Å². The van der Waals surface area contributed by atoms with Crippen LogP contribution < -0.4 is 5.32 Å². The van der Waals surface area contributed by atoms with Gasteiger partial charge in [-0.25, -0.2) is 8.42 Å². The number of thioether (sulfide) groups is 1. The summed E-state index contributed by atoms with van der Waals surface area (Å²) in [5.74, 6) is 1.62. The Morgan fingerprint density at radius 1 is 1.43 bits per heavy atom. The Morgan fingerprint density at radius 3 is 2.57 bits per heavy atom. The molecule has 0 aromatic rings. The maximum Gasteiger partial charge on any atom is 0.151 e. The van der Waals surface area contributed by atoms with Gasteiger partial charge in [-0.05, 0) is 31.9 Å². The summed E-state index contributed by atoms with van der Waals surface area (Å²) in [7, 11) is -2.83. The van der Waals surface area contributed by atoms with Crippen LogP contribution in [-0.4, -0.2) is 44.5 Å². The summed E-state index contributed by atoms with van der Waals surface area (Å²) >= 11 is 1.81. The molecule has 0 aliphatic carbocycles. The second-order valence-electron chi connectivity index (χ2n) is 3.40. The van der Waals surface area contributed by atoms with Gasteiger partial charge in [-0.3, -0.25) is 0 Å². The first-order valence-electron chi connectivity index (χ1n) is 4.94. The molecule has 0 aromatic carbocycles. The molecule has 1 N–H and O–H groups in total. The van der Waals surface area contributed by atoms with Gasteiger partial charge >= 0.3 is 0 Å². The van der Waals surface area contributed by atoms with Crippen molar-refractivity contribution < 1.29 is 8.42 Å². The van der Waals surface area contributed by atoms with Crippen LogP contribution in [0.2, 0.25) is 0 Å². The Labute approximate surface area is 92.0 Å². The van der Waals surface area contributed by atoms with Crippen molar-refractivity contribution in [2.75, 3.05) is 30.1 Å². The van der Waals surface area contributed by atoms with Crippen molar-refractivity contribution in [3.8, 4) is 0 Å². The molecule has 14 heavy (non-hydrogen) atoms. The number of rotatable bonds is 8. The third-order valence-corrected chi connectivity index (χ3v) is 4.55. The minimum absolute atomic E-state index is 0.0711. The van der Waals surface area contributed by atoms with E-state index in [0.717, 1.165) is 18.7 Å². The molecule has 5 heteroatoms. The van der Waals surface area contributed by atoms with Gasteiger partial charge < -0.3 is 5.32 Å². The first-order valence-corrected chi connectivity index (χ1v) is 8.16. The zero-order valence-corrected chi connectivity index (χ0v) is 10.9. The molecular weight excluding hydrogens is 218 g/mol. The Hall–Kier alpha value is 0.260. The van der Waals surface area contributed by atoms with Crippen LogP contribution in [0.25, 0.3) is 0 Å². The van der Waals surface area contributed by atoms with Gasteiger partial charge in [0, 0.05) is 11.8 Å². The smallest absolute Gasteiger partial charge is 0.151 e. The molecule has 0 fully saturated rings. The number of hydrogen-bond donors (Lipinski definition) is 1. The van der Waals surface area contributed by atoms with E-state index >= 15 is 0 Å². The maximum atomic E-state index is 11.3. The minimum Gasteiger partial charge on any atom is -0.313 e. The van der Waals surface area contributed by atoms with Crippen LogP contribution in [0.1, 0.15) is 20.3 Å². The fraction of sp³-hybridized carbons (Fsp3) is 1.00. The average Bonchev–Trinajstić information content (AvgIpc) is 2.12. The molecule has 0 amide bonds. The van der Waals surface area contributed by atoms with Crippen LogP contribution >= 0.6 is 11.8 Å². The van der Waals surface area contributed by atoms with Gasteiger partial charge in [0.1, 0.15) is 0 Å². The lowest BCUT2D eigenvalue weighted by atomic mass is 10.3. The first-order chi connectivity index (χ1) is 6.52. The fourth-order valence-electron chi connectivity index (χ4n) is 1.12. The van der Waals surface area contributed by atoms with Gasteiger partial charge in [0.25, 0.3) is 0 Å². The van der Waals surface area contributed by atoms with Crippen LogP contribution in [0.5, 0.6) is 0 Å². The molecule has 0 heterocycles. The summed E-state index contributed by atoms with van der Waals surface area (Å²) in [5.41, 5.74) is 0. The highest BCUT2D eigenvalue weighted by Gasteiger charge is 2.12. The standard InChI is InChI=1S/C9H21NO2S2/c1-4-14(11,12)8-9(2)10-6-5-7-13-3/h9-10H,4-8H2,1-3H3. The van der Waals surface area contributed by atoms with Gasteiger partial charge in [-0.1, -0.05) is 6.92 Å². The van der Waals surface area contributed by atoms with E-state index in [1.54, 1.807) is 6.92 Å². The third-order valence-electron chi connectivity index (χ3n) is 1.96. The lowest BCUT2D eigenvalue weighted by Crippen LogP contribution is -2.34. The molecule has 1 unspecified atom stereocenters. The summed E-state index contributed by atoms with van der Waals surface area (Å²) in [6, 6.07) is 0.0711. The Balaban J connectivity index is 3.60. The summed E-state index contributed by atoms with van der Waals surface area (Å²) in [5, 5.41) is 3.22. The molecule has 1 atom stereocenters. The molecule has 0 rings (SSSR count). The lowest BCUT2D eigenvalue weighted by molar-refractivity contribution is 0.556. The van der Waals surface area contributed by atoms with E-state index in [1.807, 2.05) is 18.7 Å². The zero-order valence-electron chi connectivity index (χ0n) is 9.25. The van der Waals surface area contributed by atoms with Crippen LogP contribution in [0, 0.1) is 0 Å². The van der Waals surface area contributed by atoms with E-state index < -0.39 is 9.84 Å². The molecule has 3 nitrogen and oxygen atoms in total. The predicted molar refractivity (Wildman–Crippen MR) is 64.8 cm³/mol. The monoisotopic (exact) mass is 239 g/mol. The summed E-state index contributed by atoms with van der Waals surface area (Å²) in [4.78, 5) is 0. The topological polar surface area (TPSA) is 46.2 Å². The average molecular weight is 239 g/mol. The summed E-state index contributed by atoms with van der Waals surface area (Å²) in [6.07, 6.45) is 3.17. The van der Waals surface area contributed by atoms with Crippen molar-refractivity contribution in [2.45, 2.75) is 26.3 Å².